The molecule has 0 fully saturated rings. The fourth-order valence-electron chi connectivity index (χ4n) is 2.30. The summed E-state index contributed by atoms with van der Waals surface area (Å²) in [6.07, 6.45) is 4.62. The highest BCUT2D eigenvalue weighted by molar-refractivity contribution is 5.87. The first-order valence-electron chi connectivity index (χ1n) is 5.73. The summed E-state index contributed by atoms with van der Waals surface area (Å²) in [4.78, 5) is 11.3. The number of carbonyl (C=O) groups excluding carboxylic acids is 1. The first-order chi connectivity index (χ1) is 7.70. The first-order valence-corrected chi connectivity index (χ1v) is 5.73. The molecule has 2 heteroatoms. The molecule has 0 aromatic heterocycles. The van der Waals surface area contributed by atoms with E-state index < -0.39 is 0 Å². The lowest BCUT2D eigenvalue weighted by Crippen LogP contribution is -2.29. The van der Waals surface area contributed by atoms with E-state index in [0.29, 0.717) is 0 Å². The van der Waals surface area contributed by atoms with Crippen LogP contribution < -0.4 is 5.32 Å². The molecule has 2 rings (SSSR count). The molecular weight excluding hydrogens is 198 g/mol. The molecule has 2 nitrogen and oxygen atoms in total. The molecular formula is C14H17NO. The second-order valence-electron chi connectivity index (χ2n) is 4.36. The van der Waals surface area contributed by atoms with Gasteiger partial charge in [0, 0.05) is 0 Å². The Bertz CT molecular complexity index is 423. The standard InChI is InChI=1S/C14H17NO/c1-3-14(16)15-13-6-4-5-11-8-7-10(2)9-12(11)13/h3,7-9,13H,1,4-6H2,2H3,(H,15,16)/t13-/m1/s1. The minimum Gasteiger partial charge on any atom is -0.346 e. The Balaban J connectivity index is 2.28. The van der Waals surface area contributed by atoms with Gasteiger partial charge in [0.25, 0.3) is 0 Å². The number of carbonyl (C=O) groups is 1. The Labute approximate surface area is 96.4 Å². The summed E-state index contributed by atoms with van der Waals surface area (Å²) in [5.41, 5.74) is 3.89. The summed E-state index contributed by atoms with van der Waals surface area (Å²) >= 11 is 0. The molecule has 0 saturated carbocycles. The van der Waals surface area contributed by atoms with Gasteiger partial charge in [-0.3, -0.25) is 4.79 Å². The average molecular weight is 215 g/mol. The van der Waals surface area contributed by atoms with Crippen LogP contribution in [-0.4, -0.2) is 5.91 Å². The van der Waals surface area contributed by atoms with E-state index >= 15 is 0 Å². The van der Waals surface area contributed by atoms with Gasteiger partial charge in [-0.05, 0) is 43.4 Å². The van der Waals surface area contributed by atoms with Crippen LogP contribution in [0.4, 0.5) is 0 Å². The van der Waals surface area contributed by atoms with Crippen LogP contribution in [0.2, 0.25) is 0 Å². The van der Waals surface area contributed by atoms with E-state index in [1.54, 1.807) is 0 Å². The minimum absolute atomic E-state index is 0.0839. The smallest absolute Gasteiger partial charge is 0.243 e. The van der Waals surface area contributed by atoms with Crippen molar-refractivity contribution in [1.29, 1.82) is 0 Å². The number of amides is 1. The van der Waals surface area contributed by atoms with Gasteiger partial charge in [0.05, 0.1) is 6.04 Å². The third kappa shape index (κ3) is 2.16. The van der Waals surface area contributed by atoms with Crippen LogP contribution in [0.15, 0.2) is 30.9 Å². The molecule has 84 valence electrons. The average Bonchev–Trinajstić information content (AvgIpc) is 2.29. The van der Waals surface area contributed by atoms with Crippen molar-refractivity contribution in [3.63, 3.8) is 0 Å². The van der Waals surface area contributed by atoms with Crippen molar-refractivity contribution >= 4 is 5.91 Å². The Kier molecular flexibility index (Phi) is 3.09. The first kappa shape index (κ1) is 10.9. The fraction of sp³-hybridized carbons (Fsp3) is 0.357. The molecule has 1 amide bonds. The van der Waals surface area contributed by atoms with E-state index in [1.807, 2.05) is 0 Å². The molecule has 1 aliphatic carbocycles. The van der Waals surface area contributed by atoms with Crippen LogP contribution in [-0.2, 0) is 11.2 Å². The van der Waals surface area contributed by atoms with Gasteiger partial charge >= 0.3 is 0 Å². The van der Waals surface area contributed by atoms with Gasteiger partial charge < -0.3 is 5.32 Å². The molecule has 1 N–H and O–H groups in total. The van der Waals surface area contributed by atoms with E-state index in [9.17, 15) is 4.79 Å². The maximum Gasteiger partial charge on any atom is 0.243 e. The summed E-state index contributed by atoms with van der Waals surface area (Å²) in [5.74, 6) is -0.0839. The van der Waals surface area contributed by atoms with Crippen LogP contribution in [0.5, 0.6) is 0 Å². The zero-order chi connectivity index (χ0) is 11.5. The maximum atomic E-state index is 11.3. The normalized spacial score (nSPS) is 18.7. The SMILES string of the molecule is C=CC(=O)N[C@@H]1CCCc2ccc(C)cc21. The summed E-state index contributed by atoms with van der Waals surface area (Å²) in [7, 11) is 0. The largest absolute Gasteiger partial charge is 0.346 e. The van der Waals surface area contributed by atoms with Gasteiger partial charge in [-0.1, -0.05) is 30.3 Å². The second kappa shape index (κ2) is 4.52. The number of rotatable bonds is 2. The van der Waals surface area contributed by atoms with Gasteiger partial charge in [0.2, 0.25) is 5.91 Å². The zero-order valence-corrected chi connectivity index (χ0v) is 9.62. The van der Waals surface area contributed by atoms with Crippen molar-refractivity contribution in [1.82, 2.24) is 5.32 Å². The Morgan fingerprint density at radius 1 is 1.56 bits per heavy atom. The molecule has 1 aromatic carbocycles. The number of fused-ring (bicyclic) bond motifs is 1. The highest BCUT2D eigenvalue weighted by Gasteiger charge is 2.20. The molecule has 0 bridgehead atoms. The van der Waals surface area contributed by atoms with Gasteiger partial charge in [-0.15, -0.1) is 0 Å². The van der Waals surface area contributed by atoms with E-state index in [1.165, 1.54) is 22.8 Å². The maximum absolute atomic E-state index is 11.3. The topological polar surface area (TPSA) is 29.1 Å². The minimum atomic E-state index is -0.0839. The lowest BCUT2D eigenvalue weighted by Gasteiger charge is -2.26. The predicted molar refractivity (Wildman–Crippen MR) is 65.2 cm³/mol. The molecule has 1 aliphatic rings. The van der Waals surface area contributed by atoms with Crippen LogP contribution in [0.1, 0.15) is 35.6 Å². The second-order valence-corrected chi connectivity index (χ2v) is 4.36. The van der Waals surface area contributed by atoms with E-state index in [0.717, 1.165) is 19.3 Å². The van der Waals surface area contributed by atoms with Crippen LogP contribution in [0.3, 0.4) is 0 Å². The fourth-order valence-corrected chi connectivity index (χ4v) is 2.30. The summed E-state index contributed by atoms with van der Waals surface area (Å²) in [6, 6.07) is 6.66. The monoisotopic (exact) mass is 215 g/mol. The van der Waals surface area contributed by atoms with Gasteiger partial charge in [-0.25, -0.2) is 0 Å². The zero-order valence-electron chi connectivity index (χ0n) is 9.62. The van der Waals surface area contributed by atoms with Gasteiger partial charge in [0.15, 0.2) is 0 Å². The third-order valence-electron chi connectivity index (χ3n) is 3.12. The highest BCUT2D eigenvalue weighted by Crippen LogP contribution is 2.30. The molecule has 0 saturated heterocycles. The molecule has 1 aromatic rings. The quantitative estimate of drug-likeness (QED) is 0.755. The van der Waals surface area contributed by atoms with Crippen molar-refractivity contribution < 1.29 is 4.79 Å². The number of hydrogen-bond acceptors (Lipinski definition) is 1. The Hall–Kier alpha value is -1.57. The van der Waals surface area contributed by atoms with Crippen molar-refractivity contribution in [2.24, 2.45) is 0 Å². The number of hydrogen-bond donors (Lipinski definition) is 1. The molecule has 0 heterocycles. The van der Waals surface area contributed by atoms with Gasteiger partial charge in [0.1, 0.15) is 0 Å². The molecule has 0 radical (unpaired) electrons. The summed E-state index contributed by atoms with van der Waals surface area (Å²) in [5, 5.41) is 2.99. The Morgan fingerprint density at radius 3 is 3.12 bits per heavy atom. The van der Waals surface area contributed by atoms with Gasteiger partial charge in [-0.2, -0.15) is 0 Å². The molecule has 16 heavy (non-hydrogen) atoms. The number of aryl methyl sites for hydroxylation is 2. The molecule has 1 atom stereocenters. The number of benzene rings is 1. The van der Waals surface area contributed by atoms with E-state index in [2.05, 4.69) is 37.0 Å². The van der Waals surface area contributed by atoms with E-state index in [-0.39, 0.29) is 11.9 Å². The predicted octanol–water partition coefficient (Wildman–Crippen LogP) is 2.67. The third-order valence-corrected chi connectivity index (χ3v) is 3.12. The number of nitrogens with one attached hydrogen (secondary N) is 1. The van der Waals surface area contributed by atoms with Crippen molar-refractivity contribution in [2.75, 3.05) is 0 Å². The molecule has 0 unspecified atom stereocenters. The van der Waals surface area contributed by atoms with Crippen molar-refractivity contribution in [3.8, 4) is 0 Å². The highest BCUT2D eigenvalue weighted by atomic mass is 16.1. The lowest BCUT2D eigenvalue weighted by molar-refractivity contribution is -0.117. The van der Waals surface area contributed by atoms with Crippen LogP contribution >= 0.6 is 0 Å². The lowest BCUT2D eigenvalue weighted by atomic mass is 9.86. The molecule has 0 spiro atoms. The van der Waals surface area contributed by atoms with Crippen molar-refractivity contribution in [3.05, 3.63) is 47.5 Å². The molecule has 0 aliphatic heterocycles. The van der Waals surface area contributed by atoms with Crippen LogP contribution in [0.25, 0.3) is 0 Å². The van der Waals surface area contributed by atoms with Crippen LogP contribution in [0, 0.1) is 6.92 Å². The summed E-state index contributed by atoms with van der Waals surface area (Å²) in [6.45, 7) is 5.57. The van der Waals surface area contributed by atoms with Crippen molar-refractivity contribution in [2.45, 2.75) is 32.2 Å². The van der Waals surface area contributed by atoms with E-state index in [4.69, 9.17) is 0 Å². The Morgan fingerprint density at radius 2 is 2.38 bits per heavy atom. The summed E-state index contributed by atoms with van der Waals surface area (Å²) < 4.78 is 0.